The number of carbonyl (C=O) groups excluding carboxylic acids is 2. The Morgan fingerprint density at radius 1 is 0.828 bits per heavy atom. The van der Waals surface area contributed by atoms with Gasteiger partial charge in [0.05, 0.1) is 39.3 Å². The molecule has 1 heterocycles. The highest BCUT2D eigenvalue weighted by Gasteiger charge is 2.24. The van der Waals surface area contributed by atoms with Crippen LogP contribution in [0.1, 0.15) is 20.7 Å². The van der Waals surface area contributed by atoms with Gasteiger partial charge in [0.2, 0.25) is 0 Å². The third-order valence-electron chi connectivity index (χ3n) is 4.76. The van der Waals surface area contributed by atoms with E-state index in [-0.39, 0.29) is 11.8 Å². The quantitative estimate of drug-likeness (QED) is 0.698. The summed E-state index contributed by atoms with van der Waals surface area (Å²) in [6.07, 6.45) is 0. The third-order valence-corrected chi connectivity index (χ3v) is 5.63. The monoisotopic (exact) mass is 474 g/mol. The van der Waals surface area contributed by atoms with E-state index in [0.29, 0.717) is 50.9 Å². The highest BCUT2D eigenvalue weighted by Crippen LogP contribution is 2.20. The Labute approximate surface area is 189 Å². The third kappa shape index (κ3) is 6.24. The van der Waals surface area contributed by atoms with E-state index in [1.807, 2.05) is 0 Å². The summed E-state index contributed by atoms with van der Waals surface area (Å²) in [5.41, 5.74) is 0.937. The topological polar surface area (TPSA) is 53.9 Å². The Balaban J connectivity index is 1.45. The summed E-state index contributed by atoms with van der Waals surface area (Å²) < 4.78 is 0. The van der Waals surface area contributed by atoms with Crippen LogP contribution in [0.25, 0.3) is 0 Å². The number of rotatable bonds is 5. The first kappa shape index (κ1) is 22.2. The number of nitrogens with one attached hydrogen (secondary N) is 2. The number of hydrogen-bond donors (Lipinski definition) is 2. The van der Waals surface area contributed by atoms with Gasteiger partial charge in [-0.15, -0.1) is 0 Å². The number of nitrogens with zero attached hydrogens (tertiary/aromatic N) is 1. The molecule has 1 fully saturated rings. The van der Waals surface area contributed by atoms with Crippen molar-refractivity contribution in [3.05, 3.63) is 67.6 Å². The Hall–Kier alpha value is -1.50. The summed E-state index contributed by atoms with van der Waals surface area (Å²) >= 11 is 23.9. The van der Waals surface area contributed by atoms with Crippen molar-refractivity contribution in [2.75, 3.05) is 39.3 Å². The van der Waals surface area contributed by atoms with Gasteiger partial charge >= 0.3 is 0 Å². The van der Waals surface area contributed by atoms with Crippen molar-refractivity contribution >= 4 is 58.2 Å². The molecule has 1 aliphatic heterocycles. The predicted molar refractivity (Wildman–Crippen MR) is 117 cm³/mol. The second-order valence-corrected chi connectivity index (χ2v) is 8.61. The fraction of sp³-hybridized carbons (Fsp3) is 0.300. The van der Waals surface area contributed by atoms with Crippen LogP contribution in [0.4, 0.5) is 0 Å². The lowest BCUT2D eigenvalue weighted by Gasteiger charge is -2.32. The average molecular weight is 476 g/mol. The van der Waals surface area contributed by atoms with Crippen LogP contribution in [0, 0.1) is 0 Å². The lowest BCUT2D eigenvalue weighted by atomic mass is 10.2. The zero-order chi connectivity index (χ0) is 21.0. The Bertz CT molecular complexity index is 871. The van der Waals surface area contributed by atoms with Gasteiger partial charge in [0.15, 0.2) is 0 Å². The molecule has 2 aromatic carbocycles. The van der Waals surface area contributed by atoms with E-state index in [2.05, 4.69) is 5.32 Å². The van der Waals surface area contributed by atoms with Crippen LogP contribution in [0.15, 0.2) is 36.4 Å². The minimum atomic E-state index is -0.208. The van der Waals surface area contributed by atoms with Crippen LogP contribution in [0.3, 0.4) is 0 Å². The SMILES string of the molecule is O=C(NCC[NH+]1CCN(C(=O)c2cc(Cl)cc(Cl)c2)CC1)c1cc(Cl)cc(Cl)c1. The molecule has 154 valence electrons. The molecule has 9 heteroatoms. The molecule has 2 N–H and O–H groups in total. The van der Waals surface area contributed by atoms with E-state index in [9.17, 15) is 9.59 Å². The molecular weight excluding hydrogens is 456 g/mol. The van der Waals surface area contributed by atoms with E-state index in [1.165, 1.54) is 4.90 Å². The Morgan fingerprint density at radius 3 is 1.83 bits per heavy atom. The molecule has 2 aromatic rings. The fourth-order valence-corrected chi connectivity index (χ4v) is 4.33. The zero-order valence-corrected chi connectivity index (χ0v) is 18.5. The standard InChI is InChI=1S/C20H19Cl4N3O2/c21-15-7-13(8-16(22)11-15)19(28)25-1-2-26-3-5-27(6-4-26)20(29)14-9-17(23)12-18(24)10-14/h7-12H,1-6H2,(H,25,28)/p+1. The van der Waals surface area contributed by atoms with Gasteiger partial charge in [-0.25, -0.2) is 0 Å². The molecule has 0 aliphatic carbocycles. The first-order valence-corrected chi connectivity index (χ1v) is 10.7. The second-order valence-electron chi connectivity index (χ2n) is 6.86. The normalized spacial score (nSPS) is 14.7. The van der Waals surface area contributed by atoms with Gasteiger partial charge in [-0.2, -0.15) is 0 Å². The molecule has 1 saturated heterocycles. The zero-order valence-electron chi connectivity index (χ0n) is 15.5. The van der Waals surface area contributed by atoms with Crippen LogP contribution in [-0.2, 0) is 0 Å². The van der Waals surface area contributed by atoms with Gasteiger partial charge in [-0.05, 0) is 36.4 Å². The van der Waals surface area contributed by atoms with Gasteiger partial charge in [-0.1, -0.05) is 46.4 Å². The second kappa shape index (κ2) is 10.0. The van der Waals surface area contributed by atoms with E-state index < -0.39 is 0 Å². The number of hydrogen-bond acceptors (Lipinski definition) is 2. The van der Waals surface area contributed by atoms with Crippen LogP contribution in [0.2, 0.25) is 20.1 Å². The molecule has 0 saturated carbocycles. The first-order valence-electron chi connectivity index (χ1n) is 9.15. The van der Waals surface area contributed by atoms with Crippen molar-refractivity contribution in [2.24, 2.45) is 0 Å². The molecule has 0 aromatic heterocycles. The first-order chi connectivity index (χ1) is 13.8. The molecule has 0 spiro atoms. The lowest BCUT2D eigenvalue weighted by Crippen LogP contribution is -3.15. The minimum Gasteiger partial charge on any atom is -0.346 e. The smallest absolute Gasteiger partial charge is 0.254 e. The van der Waals surface area contributed by atoms with E-state index in [0.717, 1.165) is 19.6 Å². The summed E-state index contributed by atoms with van der Waals surface area (Å²) in [5.74, 6) is -0.278. The van der Waals surface area contributed by atoms with Gasteiger partial charge in [0.25, 0.3) is 11.8 Å². The molecule has 3 rings (SSSR count). The van der Waals surface area contributed by atoms with Gasteiger partial charge < -0.3 is 15.1 Å². The number of quaternary nitrogens is 1. The highest BCUT2D eigenvalue weighted by molar-refractivity contribution is 6.35. The predicted octanol–water partition coefficient (Wildman–Crippen LogP) is 3.07. The van der Waals surface area contributed by atoms with Crippen molar-refractivity contribution in [3.63, 3.8) is 0 Å². The molecule has 0 atom stereocenters. The number of piperazine rings is 1. The van der Waals surface area contributed by atoms with Crippen molar-refractivity contribution in [1.82, 2.24) is 10.2 Å². The van der Waals surface area contributed by atoms with Gasteiger partial charge in [-0.3, -0.25) is 9.59 Å². The number of carbonyl (C=O) groups is 2. The van der Waals surface area contributed by atoms with Crippen LogP contribution >= 0.6 is 46.4 Å². The molecule has 2 amide bonds. The maximum absolute atomic E-state index is 12.6. The Morgan fingerprint density at radius 2 is 1.31 bits per heavy atom. The van der Waals surface area contributed by atoms with Gasteiger partial charge in [0, 0.05) is 31.2 Å². The van der Waals surface area contributed by atoms with Gasteiger partial charge in [0.1, 0.15) is 0 Å². The minimum absolute atomic E-state index is 0.0698. The van der Waals surface area contributed by atoms with Crippen molar-refractivity contribution < 1.29 is 14.5 Å². The summed E-state index contributed by atoms with van der Waals surface area (Å²) in [6, 6.07) is 9.62. The largest absolute Gasteiger partial charge is 0.346 e. The summed E-state index contributed by atoms with van der Waals surface area (Å²) in [6.45, 7) is 4.17. The lowest BCUT2D eigenvalue weighted by molar-refractivity contribution is -0.902. The fourth-order valence-electron chi connectivity index (χ4n) is 3.28. The highest BCUT2D eigenvalue weighted by atomic mass is 35.5. The molecule has 29 heavy (non-hydrogen) atoms. The van der Waals surface area contributed by atoms with E-state index >= 15 is 0 Å². The Kier molecular flexibility index (Phi) is 7.66. The van der Waals surface area contributed by atoms with E-state index in [4.69, 9.17) is 46.4 Å². The van der Waals surface area contributed by atoms with Crippen molar-refractivity contribution in [1.29, 1.82) is 0 Å². The molecule has 0 radical (unpaired) electrons. The molecule has 0 unspecified atom stereocenters. The van der Waals surface area contributed by atoms with Crippen molar-refractivity contribution in [3.8, 4) is 0 Å². The molecule has 1 aliphatic rings. The van der Waals surface area contributed by atoms with Crippen LogP contribution in [0.5, 0.6) is 0 Å². The van der Waals surface area contributed by atoms with E-state index in [1.54, 1.807) is 41.3 Å². The maximum atomic E-state index is 12.6. The average Bonchev–Trinajstić information content (AvgIpc) is 2.66. The number of halogens is 4. The summed E-state index contributed by atoms with van der Waals surface area (Å²) in [5, 5.41) is 4.63. The number of benzene rings is 2. The summed E-state index contributed by atoms with van der Waals surface area (Å²) in [7, 11) is 0. The molecule has 5 nitrogen and oxygen atoms in total. The van der Waals surface area contributed by atoms with Crippen LogP contribution < -0.4 is 10.2 Å². The molecule has 0 bridgehead atoms. The van der Waals surface area contributed by atoms with Crippen molar-refractivity contribution in [2.45, 2.75) is 0 Å². The number of amides is 2. The van der Waals surface area contributed by atoms with Crippen LogP contribution in [-0.4, -0.2) is 56.0 Å². The maximum Gasteiger partial charge on any atom is 0.254 e. The molecular formula is C20H20Cl4N3O2+. The summed E-state index contributed by atoms with van der Waals surface area (Å²) in [4.78, 5) is 28.0.